The monoisotopic (exact) mass is 544 g/mol. The molecule has 1 aliphatic heterocycles. The average Bonchev–Trinajstić information content (AvgIpc) is 2.81. The predicted octanol–water partition coefficient (Wildman–Crippen LogP) is 3.84. The molecule has 1 aromatic rings. The van der Waals surface area contributed by atoms with E-state index in [1.165, 1.54) is 0 Å². The van der Waals surface area contributed by atoms with Crippen LogP contribution in [0, 0.1) is 0 Å². The van der Waals surface area contributed by atoms with Crippen LogP contribution in [0.3, 0.4) is 0 Å². The van der Waals surface area contributed by atoms with Gasteiger partial charge in [-0.1, -0.05) is 11.6 Å². The molecule has 2 N–H and O–H groups in total. The van der Waals surface area contributed by atoms with E-state index in [2.05, 4.69) is 15.4 Å². The normalized spacial score (nSPS) is 32.6. The minimum atomic E-state index is -4.66. The van der Waals surface area contributed by atoms with Gasteiger partial charge in [-0.3, -0.25) is 19.1 Å². The summed E-state index contributed by atoms with van der Waals surface area (Å²) < 4.78 is 51.8. The number of carbonyl (C=O) groups is 3. The zero-order valence-electron chi connectivity index (χ0n) is 20.0. The van der Waals surface area contributed by atoms with E-state index < -0.39 is 30.2 Å². The summed E-state index contributed by atoms with van der Waals surface area (Å²) in [5.74, 6) is -0.469. The topological polar surface area (TPSA) is 103 Å². The summed E-state index contributed by atoms with van der Waals surface area (Å²) in [5, 5.41) is 6.61. The minimum Gasteiger partial charge on any atom is -0.479 e. The molecule has 0 aromatic heterocycles. The molecule has 202 valence electrons. The number of benzene rings is 1. The molecule has 5 aliphatic rings. The van der Waals surface area contributed by atoms with Crippen LogP contribution in [0.25, 0.3) is 0 Å². The van der Waals surface area contributed by atoms with Gasteiger partial charge in [-0.05, 0) is 56.7 Å². The molecule has 4 aliphatic carbocycles. The van der Waals surface area contributed by atoms with Gasteiger partial charge in [-0.15, -0.1) is 13.2 Å². The molecular weight excluding hydrogens is 517 g/mol. The molecular formula is C25H28ClF3N2O6. The maximum absolute atomic E-state index is 13.0. The average molecular weight is 545 g/mol. The van der Waals surface area contributed by atoms with Gasteiger partial charge in [0.15, 0.2) is 11.9 Å². The van der Waals surface area contributed by atoms with E-state index in [0.29, 0.717) is 54.9 Å². The first-order valence-corrected chi connectivity index (χ1v) is 12.8. The van der Waals surface area contributed by atoms with Crippen LogP contribution in [0.1, 0.15) is 68.1 Å². The number of hydrogen-bond donors (Lipinski definition) is 2. The summed E-state index contributed by atoms with van der Waals surface area (Å²) in [5.41, 5.74) is -0.419. The first-order chi connectivity index (χ1) is 17.4. The van der Waals surface area contributed by atoms with Gasteiger partial charge in [-0.25, -0.2) is 0 Å². The van der Waals surface area contributed by atoms with Gasteiger partial charge in [0.25, 0.3) is 5.91 Å². The molecule has 12 heteroatoms. The SMILES string of the molecule is O=C(CO[C@H]1C[C@@H](OC(F)(F)F)C1)NC12CCC(NC(=O)[C@H]3CC(=O)c4cc(Cl)ccc4O3)(CC1)CC2. The molecule has 0 spiro atoms. The number of Topliss-reactive ketones (excluding diaryl/α,β-unsaturated/α-hetero) is 1. The van der Waals surface area contributed by atoms with Gasteiger partial charge in [0, 0.05) is 28.9 Å². The standard InChI is InChI=1S/C25H28ClF3N2O6/c26-14-1-2-19-17(9-14)18(32)12-20(36-19)22(34)31-24-6-3-23(4-7-24,5-8-24)30-21(33)13-35-15-10-16(11-15)37-25(27,28)29/h1-2,9,15-16,20H,3-8,10-13H2,(H,30,33)(H,31,34)/t15-,16+,20-,23?,24?/m1/s1. The van der Waals surface area contributed by atoms with Crippen molar-refractivity contribution in [1.29, 1.82) is 0 Å². The van der Waals surface area contributed by atoms with E-state index >= 15 is 0 Å². The molecule has 6 rings (SSSR count). The van der Waals surface area contributed by atoms with E-state index in [1.807, 2.05) is 0 Å². The third kappa shape index (κ3) is 5.88. The predicted molar refractivity (Wildman–Crippen MR) is 124 cm³/mol. The molecule has 0 radical (unpaired) electrons. The first-order valence-electron chi connectivity index (χ1n) is 12.4. The number of amides is 2. The summed E-state index contributed by atoms with van der Waals surface area (Å²) in [7, 11) is 0. The lowest BCUT2D eigenvalue weighted by Gasteiger charge is -2.54. The zero-order chi connectivity index (χ0) is 26.4. The number of hydrogen-bond acceptors (Lipinski definition) is 6. The van der Waals surface area contributed by atoms with Crippen LogP contribution in [0.2, 0.25) is 5.02 Å². The highest BCUT2D eigenvalue weighted by Crippen LogP contribution is 2.47. The van der Waals surface area contributed by atoms with Crippen LogP contribution >= 0.6 is 11.6 Å². The third-order valence-corrected chi connectivity index (χ3v) is 8.25. The molecule has 37 heavy (non-hydrogen) atoms. The summed E-state index contributed by atoms with van der Waals surface area (Å²) >= 11 is 5.96. The van der Waals surface area contributed by atoms with Gasteiger partial charge >= 0.3 is 6.36 Å². The smallest absolute Gasteiger partial charge is 0.479 e. The lowest BCUT2D eigenvalue weighted by molar-refractivity contribution is -0.357. The van der Waals surface area contributed by atoms with Gasteiger partial charge in [0.1, 0.15) is 12.4 Å². The number of alkyl halides is 3. The van der Waals surface area contributed by atoms with Crippen molar-refractivity contribution in [2.75, 3.05) is 6.61 Å². The summed E-state index contributed by atoms with van der Waals surface area (Å²) in [4.78, 5) is 38.0. The second-order valence-electron chi connectivity index (χ2n) is 10.6. The summed E-state index contributed by atoms with van der Waals surface area (Å²) in [6, 6.07) is 4.74. The maximum Gasteiger partial charge on any atom is 0.522 e. The van der Waals surface area contributed by atoms with Crippen molar-refractivity contribution in [2.24, 2.45) is 0 Å². The number of ether oxygens (including phenoxy) is 3. The highest BCUT2D eigenvalue weighted by molar-refractivity contribution is 6.31. The number of nitrogens with one attached hydrogen (secondary N) is 2. The fourth-order valence-corrected chi connectivity index (χ4v) is 5.98. The number of rotatable bonds is 7. The molecule has 1 heterocycles. The van der Waals surface area contributed by atoms with Crippen molar-refractivity contribution in [1.82, 2.24) is 10.6 Å². The number of halogens is 4. The molecule has 2 bridgehead atoms. The molecule has 0 unspecified atom stereocenters. The highest BCUT2D eigenvalue weighted by atomic mass is 35.5. The van der Waals surface area contributed by atoms with Crippen LogP contribution in [0.5, 0.6) is 5.75 Å². The number of ketones is 1. The van der Waals surface area contributed by atoms with Crippen molar-refractivity contribution in [3.63, 3.8) is 0 Å². The van der Waals surface area contributed by atoms with Crippen LogP contribution in [-0.2, 0) is 19.1 Å². The second-order valence-corrected chi connectivity index (χ2v) is 11.0. The lowest BCUT2D eigenvalue weighted by Crippen LogP contribution is -2.65. The molecule has 1 atom stereocenters. The van der Waals surface area contributed by atoms with E-state index in [4.69, 9.17) is 21.1 Å². The van der Waals surface area contributed by atoms with E-state index in [0.717, 1.165) is 0 Å². The molecule has 0 saturated heterocycles. The van der Waals surface area contributed by atoms with Crippen LogP contribution in [0.4, 0.5) is 13.2 Å². The number of carbonyl (C=O) groups excluding carboxylic acids is 3. The second kappa shape index (κ2) is 9.74. The Balaban J connectivity index is 1.07. The Morgan fingerprint density at radius 3 is 2.27 bits per heavy atom. The fraction of sp³-hybridized carbons (Fsp3) is 0.640. The Labute approximate surface area is 216 Å². The molecule has 4 fully saturated rings. The van der Waals surface area contributed by atoms with Crippen molar-refractivity contribution in [3.05, 3.63) is 28.8 Å². The van der Waals surface area contributed by atoms with Crippen molar-refractivity contribution in [3.8, 4) is 5.75 Å². The minimum absolute atomic E-state index is 0.0562. The van der Waals surface area contributed by atoms with E-state index in [1.54, 1.807) is 18.2 Å². The Kier molecular flexibility index (Phi) is 6.91. The molecule has 8 nitrogen and oxygen atoms in total. The molecule has 4 saturated carbocycles. The first kappa shape index (κ1) is 26.2. The van der Waals surface area contributed by atoms with Crippen molar-refractivity contribution < 1.29 is 41.8 Å². The Hall–Kier alpha value is -2.37. The maximum atomic E-state index is 13.0. The molecule has 1 aromatic carbocycles. The van der Waals surface area contributed by atoms with Crippen LogP contribution in [0.15, 0.2) is 18.2 Å². The lowest BCUT2D eigenvalue weighted by atomic mass is 9.61. The van der Waals surface area contributed by atoms with Crippen molar-refractivity contribution in [2.45, 2.75) is 93.5 Å². The number of fused-ring (bicyclic) bond motifs is 4. The Morgan fingerprint density at radius 1 is 1.03 bits per heavy atom. The van der Waals surface area contributed by atoms with E-state index in [-0.39, 0.29) is 49.0 Å². The van der Waals surface area contributed by atoms with Gasteiger partial charge < -0.3 is 20.1 Å². The molecule has 2 amide bonds. The summed E-state index contributed by atoms with van der Waals surface area (Å²) in [6.45, 7) is -0.216. The largest absolute Gasteiger partial charge is 0.522 e. The van der Waals surface area contributed by atoms with Crippen molar-refractivity contribution >= 4 is 29.2 Å². The Morgan fingerprint density at radius 2 is 1.65 bits per heavy atom. The quantitative estimate of drug-likeness (QED) is 0.541. The highest BCUT2D eigenvalue weighted by Gasteiger charge is 2.51. The zero-order valence-corrected chi connectivity index (χ0v) is 20.8. The van der Waals surface area contributed by atoms with Gasteiger partial charge in [-0.2, -0.15) is 0 Å². The van der Waals surface area contributed by atoms with Gasteiger partial charge in [0.2, 0.25) is 5.91 Å². The summed E-state index contributed by atoms with van der Waals surface area (Å²) in [6.07, 6.45) is -2.71. The van der Waals surface area contributed by atoms with Gasteiger partial charge in [0.05, 0.1) is 24.2 Å². The van der Waals surface area contributed by atoms with Crippen LogP contribution in [-0.4, -0.2) is 60.0 Å². The van der Waals surface area contributed by atoms with E-state index in [9.17, 15) is 27.6 Å². The fourth-order valence-electron chi connectivity index (χ4n) is 5.81. The Bertz CT molecular complexity index is 1070. The third-order valence-electron chi connectivity index (χ3n) is 8.02. The van der Waals surface area contributed by atoms with Crippen LogP contribution < -0.4 is 15.4 Å².